The van der Waals surface area contributed by atoms with Crippen LogP contribution in [0.3, 0.4) is 0 Å². The fourth-order valence-electron chi connectivity index (χ4n) is 5.66. The third-order valence-corrected chi connectivity index (χ3v) is 8.48. The fourth-order valence-corrected chi connectivity index (χ4v) is 5.90. The van der Waals surface area contributed by atoms with Crippen LogP contribution in [0.15, 0.2) is 60.7 Å². The van der Waals surface area contributed by atoms with E-state index in [9.17, 15) is 14.7 Å². The van der Waals surface area contributed by atoms with E-state index >= 15 is 0 Å². The first-order chi connectivity index (χ1) is 20.3. The zero-order chi connectivity index (χ0) is 29.4. The third kappa shape index (κ3) is 6.07. The van der Waals surface area contributed by atoms with Gasteiger partial charge in [-0.05, 0) is 86.7 Å². The molecule has 2 N–H and O–H groups in total. The first-order valence-electron chi connectivity index (χ1n) is 14.5. The molecule has 2 aliphatic rings. The van der Waals surface area contributed by atoms with Crippen molar-refractivity contribution in [1.82, 2.24) is 20.0 Å². The minimum Gasteiger partial charge on any atom is -0.489 e. The monoisotopic (exact) mass is 586 g/mol. The highest BCUT2D eigenvalue weighted by atomic mass is 35.5. The Morgan fingerprint density at radius 1 is 1.05 bits per heavy atom. The van der Waals surface area contributed by atoms with Crippen LogP contribution in [0.2, 0.25) is 5.02 Å². The van der Waals surface area contributed by atoms with E-state index in [0.717, 1.165) is 66.5 Å². The number of nitrogens with one attached hydrogen (secondary N) is 1. The topological polar surface area (TPSA) is 96.7 Å². The minimum absolute atomic E-state index is 0.203. The van der Waals surface area contributed by atoms with Gasteiger partial charge in [0.2, 0.25) is 5.78 Å². The number of likely N-dealkylation sites (tertiary alicyclic amines) is 1. The maximum Gasteiger partial charge on any atom is 0.292 e. The molecule has 2 atom stereocenters. The van der Waals surface area contributed by atoms with Gasteiger partial charge >= 0.3 is 0 Å². The van der Waals surface area contributed by atoms with Crippen LogP contribution in [-0.4, -0.2) is 63.3 Å². The van der Waals surface area contributed by atoms with E-state index < -0.39 is 23.8 Å². The van der Waals surface area contributed by atoms with Crippen LogP contribution in [-0.2, 0) is 11.8 Å². The minimum atomic E-state index is -1.05. The number of ether oxygens (including phenoxy) is 1. The average molecular weight is 587 g/mol. The molecule has 1 saturated heterocycles. The Labute approximate surface area is 250 Å². The Bertz CT molecular complexity index is 1620. The highest BCUT2D eigenvalue weighted by molar-refractivity contribution is 6.42. The first kappa shape index (κ1) is 28.4. The second kappa shape index (κ2) is 11.9. The Hall–Kier alpha value is -3.72. The van der Waals surface area contributed by atoms with E-state index in [1.54, 1.807) is 30.3 Å². The number of ketones is 1. The number of aliphatic hydroxyl groups is 1. The number of aromatic nitrogens is 2. The predicted octanol–water partition coefficient (Wildman–Crippen LogP) is 5.24. The van der Waals surface area contributed by atoms with Gasteiger partial charge in [-0.15, -0.1) is 0 Å². The number of hydrogen-bond acceptors (Lipinski definition) is 6. The molecule has 2 heterocycles. The molecule has 2 fully saturated rings. The maximum absolute atomic E-state index is 13.2. The van der Waals surface area contributed by atoms with E-state index in [1.807, 2.05) is 42.9 Å². The number of carbonyl (C=O) groups is 2. The van der Waals surface area contributed by atoms with Crippen molar-refractivity contribution in [3.8, 4) is 16.9 Å². The summed E-state index contributed by atoms with van der Waals surface area (Å²) in [6.45, 7) is 4.17. The van der Waals surface area contributed by atoms with E-state index in [1.165, 1.54) is 0 Å². The van der Waals surface area contributed by atoms with Crippen LogP contribution in [0.4, 0.5) is 0 Å². The molecule has 218 valence electrons. The van der Waals surface area contributed by atoms with Crippen LogP contribution < -0.4 is 10.1 Å². The summed E-state index contributed by atoms with van der Waals surface area (Å²) in [6, 6.07) is 17.7. The van der Waals surface area contributed by atoms with Crippen molar-refractivity contribution < 1.29 is 19.4 Å². The standard InChI is InChI=1S/C33H35ClN4O4/c1-20-26-17-23(9-13-29(26)37(2)36-20)21-5-7-22(8-6-21)32(40)33(41)35-28(19-38-15-3-4-16-38)31(39)24-10-14-30(27(34)18-24)42-25-11-12-25/h5-10,13-14,17-18,25,28,31,39H,3-4,11-12,15-16,19H2,1-2H3,(H,35,41). The summed E-state index contributed by atoms with van der Waals surface area (Å²) >= 11 is 6.46. The van der Waals surface area contributed by atoms with Gasteiger partial charge in [0.05, 0.1) is 28.4 Å². The normalized spacial score (nSPS) is 16.9. The van der Waals surface area contributed by atoms with Crippen molar-refractivity contribution in [2.75, 3.05) is 19.6 Å². The number of benzene rings is 3. The molecule has 1 aliphatic carbocycles. The lowest BCUT2D eigenvalue weighted by molar-refractivity contribution is -0.118. The number of halogens is 1. The molecule has 1 aliphatic heterocycles. The molecule has 3 aromatic carbocycles. The molecule has 1 saturated carbocycles. The van der Waals surface area contributed by atoms with Crippen LogP contribution in [0.1, 0.15) is 53.4 Å². The molecule has 1 amide bonds. The van der Waals surface area contributed by atoms with Gasteiger partial charge in [0.15, 0.2) is 0 Å². The predicted molar refractivity (Wildman–Crippen MR) is 163 cm³/mol. The van der Waals surface area contributed by atoms with Crippen molar-refractivity contribution in [3.63, 3.8) is 0 Å². The molecule has 0 bridgehead atoms. The van der Waals surface area contributed by atoms with Crippen molar-refractivity contribution in [3.05, 3.63) is 82.5 Å². The number of Topliss-reactive ketones (excluding diaryl/α,β-unsaturated/α-hetero) is 1. The molecule has 0 spiro atoms. The van der Waals surface area contributed by atoms with E-state index in [-0.39, 0.29) is 11.7 Å². The lowest BCUT2D eigenvalue weighted by Crippen LogP contribution is -2.48. The number of fused-ring (bicyclic) bond motifs is 1. The second-order valence-electron chi connectivity index (χ2n) is 11.4. The summed E-state index contributed by atoms with van der Waals surface area (Å²) in [4.78, 5) is 28.6. The number of carbonyl (C=O) groups excluding carboxylic acids is 2. The quantitative estimate of drug-likeness (QED) is 0.195. The van der Waals surface area contributed by atoms with Crippen molar-refractivity contribution in [1.29, 1.82) is 0 Å². The highest BCUT2D eigenvalue weighted by Crippen LogP contribution is 2.34. The van der Waals surface area contributed by atoms with Crippen LogP contribution in [0.25, 0.3) is 22.0 Å². The smallest absolute Gasteiger partial charge is 0.292 e. The third-order valence-electron chi connectivity index (χ3n) is 8.19. The Morgan fingerprint density at radius 2 is 1.76 bits per heavy atom. The summed E-state index contributed by atoms with van der Waals surface area (Å²) in [7, 11) is 1.92. The molecule has 1 aromatic heterocycles. The number of amides is 1. The Morgan fingerprint density at radius 3 is 2.45 bits per heavy atom. The number of rotatable bonds is 10. The second-order valence-corrected chi connectivity index (χ2v) is 11.8. The molecule has 8 nitrogen and oxygen atoms in total. The number of hydrogen-bond donors (Lipinski definition) is 2. The van der Waals surface area contributed by atoms with Gasteiger partial charge in [0, 0.05) is 24.5 Å². The molecule has 42 heavy (non-hydrogen) atoms. The summed E-state index contributed by atoms with van der Waals surface area (Å²) in [6.07, 6.45) is 3.31. The lowest BCUT2D eigenvalue weighted by Gasteiger charge is -2.28. The van der Waals surface area contributed by atoms with Crippen LogP contribution in [0, 0.1) is 6.92 Å². The zero-order valence-corrected chi connectivity index (χ0v) is 24.6. The van der Waals surface area contributed by atoms with Crippen molar-refractivity contribution in [2.45, 2.75) is 50.9 Å². The highest BCUT2D eigenvalue weighted by Gasteiger charge is 2.30. The summed E-state index contributed by atoms with van der Waals surface area (Å²) < 4.78 is 7.68. The van der Waals surface area contributed by atoms with E-state index in [2.05, 4.69) is 21.4 Å². The Balaban J connectivity index is 1.17. The molecule has 6 rings (SSSR count). The molecule has 2 unspecified atom stereocenters. The summed E-state index contributed by atoms with van der Waals surface area (Å²) in [5.41, 5.74) is 4.79. The molecular weight excluding hydrogens is 552 g/mol. The Kier molecular flexibility index (Phi) is 8.03. The van der Waals surface area contributed by atoms with Gasteiger partial charge < -0.3 is 20.1 Å². The largest absolute Gasteiger partial charge is 0.489 e. The van der Waals surface area contributed by atoms with Gasteiger partial charge in [-0.3, -0.25) is 14.3 Å². The fraction of sp³-hybridized carbons (Fsp3) is 0.364. The molecular formula is C33H35ClN4O4. The van der Waals surface area contributed by atoms with Gasteiger partial charge in [-0.25, -0.2) is 0 Å². The summed E-state index contributed by atoms with van der Waals surface area (Å²) in [5, 5.41) is 20.2. The van der Waals surface area contributed by atoms with Gasteiger partial charge in [0.25, 0.3) is 5.91 Å². The van der Waals surface area contributed by atoms with Gasteiger partial charge in [-0.2, -0.15) is 5.10 Å². The average Bonchev–Trinajstić information content (AvgIpc) is 3.58. The van der Waals surface area contributed by atoms with Crippen LogP contribution in [0.5, 0.6) is 5.75 Å². The lowest BCUT2D eigenvalue weighted by atomic mass is 9.99. The van der Waals surface area contributed by atoms with Crippen molar-refractivity contribution in [2.24, 2.45) is 7.05 Å². The van der Waals surface area contributed by atoms with Gasteiger partial charge in [-0.1, -0.05) is 48.0 Å². The van der Waals surface area contributed by atoms with E-state index in [4.69, 9.17) is 16.3 Å². The summed E-state index contributed by atoms with van der Waals surface area (Å²) in [5.74, 6) is -0.813. The zero-order valence-electron chi connectivity index (χ0n) is 23.8. The maximum atomic E-state index is 13.2. The molecule has 4 aromatic rings. The first-order valence-corrected chi connectivity index (χ1v) is 14.9. The molecule has 0 radical (unpaired) electrons. The van der Waals surface area contributed by atoms with Gasteiger partial charge in [0.1, 0.15) is 11.9 Å². The SMILES string of the molecule is Cc1nn(C)c2ccc(-c3ccc(C(=O)C(=O)NC(CN4CCCC4)C(O)c4ccc(OC5CC5)c(Cl)c4)cc3)cc12. The number of aliphatic hydroxyl groups excluding tert-OH is 1. The number of aryl methyl sites for hydroxylation is 2. The van der Waals surface area contributed by atoms with Crippen LogP contribution >= 0.6 is 11.6 Å². The number of nitrogens with zero attached hydrogens (tertiary/aromatic N) is 3. The molecule has 9 heteroatoms. The van der Waals surface area contributed by atoms with Crippen molar-refractivity contribution >= 4 is 34.2 Å². The van der Waals surface area contributed by atoms with E-state index in [0.29, 0.717) is 22.9 Å².